The first-order valence-corrected chi connectivity index (χ1v) is 11.4. The molecule has 0 saturated heterocycles. The van der Waals surface area contributed by atoms with Crippen molar-refractivity contribution < 1.29 is 27.5 Å². The number of nitriles is 1. The number of carbonyl (C=O) groups excluding carboxylic acids is 1. The number of nitrogens with zero attached hydrogens (tertiary/aromatic N) is 4. The summed E-state index contributed by atoms with van der Waals surface area (Å²) in [4.78, 5) is 19.3. The lowest BCUT2D eigenvalue weighted by Crippen LogP contribution is -2.41. The Morgan fingerprint density at radius 2 is 1.76 bits per heavy atom. The quantitative estimate of drug-likeness (QED) is 0.307. The van der Waals surface area contributed by atoms with Gasteiger partial charge in [0.2, 0.25) is 0 Å². The van der Waals surface area contributed by atoms with Crippen LogP contribution in [0.4, 0.5) is 45.2 Å². The van der Waals surface area contributed by atoms with Crippen LogP contribution >= 0.6 is 0 Å². The van der Waals surface area contributed by atoms with Gasteiger partial charge in [0, 0.05) is 43.0 Å². The van der Waals surface area contributed by atoms with Gasteiger partial charge in [-0.15, -0.1) is 0 Å². The molecule has 8 nitrogen and oxygen atoms in total. The molecule has 0 fully saturated rings. The highest BCUT2D eigenvalue weighted by molar-refractivity contribution is 6.15. The zero-order valence-electron chi connectivity index (χ0n) is 19.7. The lowest BCUT2D eigenvalue weighted by atomic mass is 10.00. The molecule has 1 aromatic heterocycles. The average Bonchev–Trinajstić information content (AvgIpc) is 2.96. The maximum absolute atomic E-state index is 15.5. The molecule has 2 heterocycles. The van der Waals surface area contributed by atoms with Crippen LogP contribution in [0.5, 0.6) is 0 Å². The molecule has 0 atom stereocenters. The molecule has 0 bridgehead atoms. The van der Waals surface area contributed by atoms with Crippen molar-refractivity contribution in [3.63, 3.8) is 0 Å². The summed E-state index contributed by atoms with van der Waals surface area (Å²) in [6.07, 6.45) is 0.850. The van der Waals surface area contributed by atoms with Gasteiger partial charge in [-0.1, -0.05) is 0 Å². The number of halogens is 4. The van der Waals surface area contributed by atoms with Crippen molar-refractivity contribution in [3.05, 3.63) is 65.4 Å². The van der Waals surface area contributed by atoms with E-state index in [0.717, 1.165) is 41.4 Å². The van der Waals surface area contributed by atoms with Gasteiger partial charge in [-0.05, 0) is 37.3 Å². The molecule has 1 aliphatic rings. The number of hydrogen-bond donors (Lipinski definition) is 3. The van der Waals surface area contributed by atoms with E-state index >= 15 is 13.2 Å². The van der Waals surface area contributed by atoms with Crippen LogP contribution in [0.25, 0.3) is 11.1 Å². The van der Waals surface area contributed by atoms with Gasteiger partial charge < -0.3 is 15.7 Å². The summed E-state index contributed by atoms with van der Waals surface area (Å²) >= 11 is 0. The summed E-state index contributed by atoms with van der Waals surface area (Å²) in [7, 11) is 0. The Hall–Kier alpha value is -4.21. The number of nitrogens with one attached hydrogen (secondary N) is 2. The van der Waals surface area contributed by atoms with Crippen LogP contribution in [0.2, 0.25) is 0 Å². The fourth-order valence-corrected chi connectivity index (χ4v) is 4.13. The lowest BCUT2D eigenvalue weighted by Gasteiger charge is -2.28. The Labute approximate surface area is 209 Å². The summed E-state index contributed by atoms with van der Waals surface area (Å²) in [5, 5.41) is 23.9. The van der Waals surface area contributed by atoms with E-state index in [9.17, 15) is 14.4 Å². The van der Waals surface area contributed by atoms with Gasteiger partial charge in [0.25, 0.3) is 0 Å². The fourth-order valence-electron chi connectivity index (χ4n) is 4.13. The number of fused-ring (bicyclic) bond motifs is 3. The zero-order valence-corrected chi connectivity index (χ0v) is 19.7. The second-order valence-corrected chi connectivity index (χ2v) is 8.04. The standard InChI is InChI=1S/C25H22F4N6O2/c1-2-34-24-17(9-15(26)13-33-24)22-18(27)7-14(12-30)8-21(22)35(25(34)37)23-19(28)10-16(11-20(23)29)32-4-3-31-5-6-36/h7-11,13,31-32,36H,2-6H2,1H3. The minimum atomic E-state index is -1.13. The SMILES string of the molecule is CCN1C(=O)N(c2c(F)cc(NCCNCCO)cc2F)c2cc(C#N)cc(F)c2-c2cc(F)cnc21. The first-order chi connectivity index (χ1) is 17.8. The van der Waals surface area contributed by atoms with Gasteiger partial charge in [-0.3, -0.25) is 9.80 Å². The van der Waals surface area contributed by atoms with Crippen molar-refractivity contribution in [1.29, 1.82) is 5.26 Å². The molecule has 3 aromatic rings. The number of aliphatic hydroxyl groups is 1. The third-order valence-corrected chi connectivity index (χ3v) is 5.70. The van der Waals surface area contributed by atoms with E-state index < -0.39 is 35.0 Å². The van der Waals surface area contributed by atoms with Crippen LogP contribution in [0.1, 0.15) is 12.5 Å². The summed E-state index contributed by atoms with van der Waals surface area (Å²) in [5.41, 5.74) is -1.69. The molecule has 0 spiro atoms. The Morgan fingerprint density at radius 1 is 1.03 bits per heavy atom. The van der Waals surface area contributed by atoms with Gasteiger partial charge in [0.1, 0.15) is 23.1 Å². The second-order valence-electron chi connectivity index (χ2n) is 8.04. The van der Waals surface area contributed by atoms with Crippen LogP contribution in [-0.4, -0.2) is 48.9 Å². The smallest absolute Gasteiger partial charge is 0.334 e. The molecule has 1 aliphatic heterocycles. The highest BCUT2D eigenvalue weighted by Crippen LogP contribution is 2.46. The number of benzene rings is 2. The number of anilines is 4. The van der Waals surface area contributed by atoms with Crippen LogP contribution in [0.15, 0.2) is 36.5 Å². The van der Waals surface area contributed by atoms with Crippen LogP contribution in [0, 0.1) is 34.6 Å². The molecular weight excluding hydrogens is 492 g/mol. The minimum absolute atomic E-state index is 0.0363. The zero-order chi connectivity index (χ0) is 26.7. The number of rotatable bonds is 8. The summed E-state index contributed by atoms with van der Waals surface area (Å²) in [6, 6.07) is 5.73. The normalized spacial score (nSPS) is 12.6. The van der Waals surface area contributed by atoms with Gasteiger partial charge in [-0.2, -0.15) is 5.26 Å². The van der Waals surface area contributed by atoms with Gasteiger partial charge >= 0.3 is 6.03 Å². The monoisotopic (exact) mass is 514 g/mol. The van der Waals surface area contributed by atoms with Crippen LogP contribution < -0.4 is 20.4 Å². The predicted molar refractivity (Wildman–Crippen MR) is 130 cm³/mol. The van der Waals surface area contributed by atoms with E-state index in [4.69, 9.17) is 5.11 Å². The molecule has 3 N–H and O–H groups in total. The Bertz CT molecular complexity index is 1370. The van der Waals surface area contributed by atoms with Crippen molar-refractivity contribution in [2.75, 3.05) is 47.9 Å². The number of carbonyl (C=O) groups is 1. The van der Waals surface area contributed by atoms with Crippen molar-refractivity contribution >= 4 is 28.9 Å². The van der Waals surface area contributed by atoms with E-state index in [1.807, 2.05) is 0 Å². The molecule has 2 aromatic carbocycles. The summed E-state index contributed by atoms with van der Waals surface area (Å²) < 4.78 is 60.5. The second kappa shape index (κ2) is 10.8. The molecule has 0 saturated carbocycles. The molecule has 0 radical (unpaired) electrons. The Morgan fingerprint density at radius 3 is 2.41 bits per heavy atom. The number of hydrogen-bond acceptors (Lipinski definition) is 6. The molecule has 0 unspecified atom stereocenters. The predicted octanol–water partition coefficient (Wildman–Crippen LogP) is 4.27. The fraction of sp³-hybridized carbons (Fsp3) is 0.240. The number of pyridine rings is 1. The highest BCUT2D eigenvalue weighted by atomic mass is 19.1. The number of aliphatic hydroxyl groups excluding tert-OH is 1. The van der Waals surface area contributed by atoms with E-state index in [-0.39, 0.29) is 53.6 Å². The van der Waals surface area contributed by atoms with Crippen LogP contribution in [-0.2, 0) is 0 Å². The average molecular weight is 514 g/mol. The van der Waals surface area contributed by atoms with Crippen molar-refractivity contribution in [2.24, 2.45) is 0 Å². The first kappa shape index (κ1) is 25.9. The maximum Gasteiger partial charge on any atom is 0.334 e. The maximum atomic E-state index is 15.5. The molecule has 0 aliphatic carbocycles. The molecular formula is C25H22F4N6O2. The topological polar surface area (TPSA) is 105 Å². The van der Waals surface area contributed by atoms with Crippen LogP contribution in [0.3, 0.4) is 0 Å². The highest BCUT2D eigenvalue weighted by Gasteiger charge is 2.37. The van der Waals surface area contributed by atoms with E-state index in [1.54, 1.807) is 13.0 Å². The van der Waals surface area contributed by atoms with Gasteiger partial charge in [-0.25, -0.2) is 27.3 Å². The third-order valence-electron chi connectivity index (χ3n) is 5.70. The van der Waals surface area contributed by atoms with Crippen molar-refractivity contribution in [2.45, 2.75) is 6.92 Å². The van der Waals surface area contributed by atoms with Gasteiger partial charge in [0.05, 0.1) is 30.1 Å². The molecule has 12 heteroatoms. The van der Waals surface area contributed by atoms with E-state index in [2.05, 4.69) is 15.6 Å². The summed E-state index contributed by atoms with van der Waals surface area (Å²) in [5.74, 6) is -4.17. The first-order valence-electron chi connectivity index (χ1n) is 11.4. The van der Waals surface area contributed by atoms with Crippen molar-refractivity contribution in [1.82, 2.24) is 10.3 Å². The van der Waals surface area contributed by atoms with Crippen molar-refractivity contribution in [3.8, 4) is 17.2 Å². The number of aromatic nitrogens is 1. The molecule has 4 rings (SSSR count). The van der Waals surface area contributed by atoms with Gasteiger partial charge in [0.15, 0.2) is 11.6 Å². The summed E-state index contributed by atoms with van der Waals surface area (Å²) in [6.45, 7) is 2.53. The number of urea groups is 1. The molecule has 2 amide bonds. The number of amides is 2. The lowest BCUT2D eigenvalue weighted by molar-refractivity contribution is 0.253. The van der Waals surface area contributed by atoms with E-state index in [1.165, 1.54) is 0 Å². The Kier molecular flexibility index (Phi) is 7.56. The minimum Gasteiger partial charge on any atom is -0.395 e. The molecule has 192 valence electrons. The Balaban J connectivity index is 1.89. The third kappa shape index (κ3) is 4.91. The molecule has 37 heavy (non-hydrogen) atoms. The largest absolute Gasteiger partial charge is 0.395 e. The van der Waals surface area contributed by atoms with E-state index in [0.29, 0.717) is 18.0 Å².